The first-order chi connectivity index (χ1) is 9.98. The van der Waals surface area contributed by atoms with Crippen molar-refractivity contribution in [3.8, 4) is 11.8 Å². The van der Waals surface area contributed by atoms with Crippen LogP contribution >= 0.6 is 0 Å². The molecule has 1 aliphatic heterocycles. The molecule has 1 aromatic rings. The van der Waals surface area contributed by atoms with E-state index in [-0.39, 0.29) is 17.6 Å². The smallest absolute Gasteiger partial charge is 0.243 e. The zero-order valence-corrected chi connectivity index (χ0v) is 13.0. The molecule has 0 spiro atoms. The van der Waals surface area contributed by atoms with E-state index >= 15 is 0 Å². The number of methoxy groups -OCH3 is 1. The molecule has 1 aromatic carbocycles. The Balaban J connectivity index is 2.35. The van der Waals surface area contributed by atoms with Crippen LogP contribution in [-0.2, 0) is 14.8 Å². The zero-order chi connectivity index (χ0) is 15.5. The first-order valence-electron chi connectivity index (χ1n) is 6.72. The third kappa shape index (κ3) is 3.44. The Morgan fingerprint density at radius 1 is 1.48 bits per heavy atom. The van der Waals surface area contributed by atoms with Gasteiger partial charge in [-0.2, -0.15) is 4.31 Å². The lowest BCUT2D eigenvalue weighted by Crippen LogP contribution is -2.30. The maximum atomic E-state index is 12.7. The molecule has 0 amide bonds. The van der Waals surface area contributed by atoms with Gasteiger partial charge in [0.05, 0.1) is 11.0 Å². The highest BCUT2D eigenvalue weighted by Crippen LogP contribution is 2.25. The molecule has 0 bridgehead atoms. The van der Waals surface area contributed by atoms with Gasteiger partial charge in [-0.25, -0.2) is 8.42 Å². The number of rotatable bonds is 3. The first-order valence-corrected chi connectivity index (χ1v) is 8.16. The van der Waals surface area contributed by atoms with E-state index in [0.29, 0.717) is 30.6 Å². The van der Waals surface area contributed by atoms with Crippen LogP contribution < -0.4 is 0 Å². The average Bonchev–Trinajstić information content (AvgIpc) is 2.96. The van der Waals surface area contributed by atoms with Gasteiger partial charge in [0.2, 0.25) is 10.0 Å². The van der Waals surface area contributed by atoms with Crippen LogP contribution in [0.5, 0.6) is 0 Å². The molecule has 1 fully saturated rings. The van der Waals surface area contributed by atoms with Crippen LogP contribution in [0.1, 0.15) is 17.5 Å². The summed E-state index contributed by atoms with van der Waals surface area (Å²) in [5, 5.41) is 8.73. The summed E-state index contributed by atoms with van der Waals surface area (Å²) in [4.78, 5) is 0.268. The molecule has 2 rings (SSSR count). The Morgan fingerprint density at radius 2 is 2.24 bits per heavy atom. The van der Waals surface area contributed by atoms with E-state index in [1.165, 1.54) is 4.31 Å². The van der Waals surface area contributed by atoms with Crippen molar-refractivity contribution >= 4 is 10.0 Å². The molecule has 0 aliphatic carbocycles. The predicted molar refractivity (Wildman–Crippen MR) is 79.3 cm³/mol. The van der Waals surface area contributed by atoms with Gasteiger partial charge in [-0.1, -0.05) is 17.9 Å². The van der Waals surface area contributed by atoms with Crippen molar-refractivity contribution in [3.63, 3.8) is 0 Å². The first kappa shape index (κ1) is 16.0. The molecule has 1 atom stereocenters. The Hall–Kier alpha value is -1.39. The number of aliphatic hydroxyl groups is 1. The zero-order valence-electron chi connectivity index (χ0n) is 12.2. The molecule has 114 valence electrons. The van der Waals surface area contributed by atoms with Crippen molar-refractivity contribution in [2.75, 3.05) is 26.8 Å². The molecule has 0 aromatic heterocycles. The molecule has 1 N–H and O–H groups in total. The van der Waals surface area contributed by atoms with Crippen LogP contribution in [-0.4, -0.2) is 50.7 Å². The van der Waals surface area contributed by atoms with Gasteiger partial charge in [0.25, 0.3) is 0 Å². The van der Waals surface area contributed by atoms with E-state index in [0.717, 1.165) is 0 Å². The fourth-order valence-corrected chi connectivity index (χ4v) is 4.08. The minimum atomic E-state index is -3.54. The fraction of sp³-hybridized carbons (Fsp3) is 0.467. The number of benzene rings is 1. The number of hydrogen-bond donors (Lipinski definition) is 1. The number of sulfonamides is 1. The molecular formula is C15H19NO4S. The summed E-state index contributed by atoms with van der Waals surface area (Å²) in [6.07, 6.45) is 0.663. The van der Waals surface area contributed by atoms with Crippen LogP contribution in [0, 0.1) is 18.8 Å². The highest BCUT2D eigenvalue weighted by atomic mass is 32.2. The second-order valence-corrected chi connectivity index (χ2v) is 6.86. The van der Waals surface area contributed by atoms with Crippen molar-refractivity contribution in [2.45, 2.75) is 24.3 Å². The van der Waals surface area contributed by atoms with Gasteiger partial charge in [-0.05, 0) is 31.0 Å². The Morgan fingerprint density at radius 3 is 2.86 bits per heavy atom. The van der Waals surface area contributed by atoms with Crippen molar-refractivity contribution in [1.29, 1.82) is 0 Å². The Labute approximate surface area is 125 Å². The van der Waals surface area contributed by atoms with Gasteiger partial charge in [-0.15, -0.1) is 0 Å². The number of hydrogen-bond acceptors (Lipinski definition) is 4. The van der Waals surface area contributed by atoms with Gasteiger partial charge in [0.1, 0.15) is 6.61 Å². The summed E-state index contributed by atoms with van der Waals surface area (Å²) in [7, 11) is -1.94. The number of ether oxygens (including phenoxy) is 1. The fourth-order valence-electron chi connectivity index (χ4n) is 2.34. The lowest BCUT2D eigenvalue weighted by molar-refractivity contribution is 0.115. The van der Waals surface area contributed by atoms with E-state index < -0.39 is 10.0 Å². The molecule has 0 radical (unpaired) electrons. The number of nitrogens with zero attached hydrogens (tertiary/aromatic N) is 1. The second kappa shape index (κ2) is 6.58. The van der Waals surface area contributed by atoms with E-state index in [9.17, 15) is 8.42 Å². The van der Waals surface area contributed by atoms with Crippen molar-refractivity contribution in [2.24, 2.45) is 0 Å². The number of aliphatic hydroxyl groups excluding tert-OH is 1. The van der Waals surface area contributed by atoms with Crippen LogP contribution in [0.4, 0.5) is 0 Å². The Bertz CT molecular complexity index is 673. The molecule has 1 aliphatic rings. The molecule has 6 heteroatoms. The molecule has 0 saturated carbocycles. The minimum Gasteiger partial charge on any atom is -0.384 e. The topological polar surface area (TPSA) is 66.8 Å². The SMILES string of the molecule is COC1CCN(S(=O)(=O)c2cc(C#CCO)ccc2C)C1. The lowest BCUT2D eigenvalue weighted by atomic mass is 10.1. The van der Waals surface area contributed by atoms with Gasteiger partial charge in [0, 0.05) is 25.8 Å². The van der Waals surface area contributed by atoms with Gasteiger partial charge in [0.15, 0.2) is 0 Å². The van der Waals surface area contributed by atoms with Crippen LogP contribution in [0.3, 0.4) is 0 Å². The highest BCUT2D eigenvalue weighted by Gasteiger charge is 2.33. The lowest BCUT2D eigenvalue weighted by Gasteiger charge is -2.18. The Kier molecular flexibility index (Phi) is 5.01. The van der Waals surface area contributed by atoms with E-state index in [1.807, 2.05) is 0 Å². The standard InChI is InChI=1S/C15H19NO4S/c1-12-5-6-13(4-3-9-17)10-15(12)21(18,19)16-8-7-14(11-16)20-2/h5-6,10,14,17H,7-9,11H2,1-2H3. The summed E-state index contributed by atoms with van der Waals surface area (Å²) in [6, 6.07) is 5.05. The molecule has 1 unspecified atom stereocenters. The molecule has 1 saturated heterocycles. The molecule has 1 heterocycles. The highest BCUT2D eigenvalue weighted by molar-refractivity contribution is 7.89. The average molecular weight is 309 g/mol. The second-order valence-electron chi connectivity index (χ2n) is 4.95. The van der Waals surface area contributed by atoms with E-state index in [1.54, 1.807) is 32.2 Å². The predicted octanol–water partition coefficient (Wildman–Crippen LogP) is 0.748. The van der Waals surface area contributed by atoms with E-state index in [4.69, 9.17) is 9.84 Å². The quantitative estimate of drug-likeness (QED) is 0.837. The monoisotopic (exact) mass is 309 g/mol. The summed E-state index contributed by atoms with van der Waals surface area (Å²) >= 11 is 0. The summed E-state index contributed by atoms with van der Waals surface area (Å²) in [5.41, 5.74) is 1.26. The molecule has 21 heavy (non-hydrogen) atoms. The van der Waals surface area contributed by atoms with Crippen LogP contribution in [0.2, 0.25) is 0 Å². The summed E-state index contributed by atoms with van der Waals surface area (Å²) < 4.78 is 32.1. The minimum absolute atomic E-state index is 0.0440. The largest absolute Gasteiger partial charge is 0.384 e. The third-order valence-corrected chi connectivity index (χ3v) is 5.57. The van der Waals surface area contributed by atoms with Crippen LogP contribution in [0.15, 0.2) is 23.1 Å². The van der Waals surface area contributed by atoms with Crippen molar-refractivity contribution in [3.05, 3.63) is 29.3 Å². The van der Waals surface area contributed by atoms with Crippen LogP contribution in [0.25, 0.3) is 0 Å². The van der Waals surface area contributed by atoms with Gasteiger partial charge < -0.3 is 9.84 Å². The van der Waals surface area contributed by atoms with Gasteiger partial charge >= 0.3 is 0 Å². The molecular weight excluding hydrogens is 290 g/mol. The maximum Gasteiger partial charge on any atom is 0.243 e. The molecule has 5 nitrogen and oxygen atoms in total. The summed E-state index contributed by atoms with van der Waals surface area (Å²) in [6.45, 7) is 2.36. The normalized spacial score (nSPS) is 19.3. The number of aryl methyl sites for hydroxylation is 1. The third-order valence-electron chi connectivity index (χ3n) is 3.56. The van der Waals surface area contributed by atoms with Crippen molar-refractivity contribution < 1.29 is 18.3 Å². The maximum absolute atomic E-state index is 12.7. The van der Waals surface area contributed by atoms with Gasteiger partial charge in [-0.3, -0.25) is 0 Å². The van der Waals surface area contributed by atoms with E-state index in [2.05, 4.69) is 11.8 Å². The summed E-state index contributed by atoms with van der Waals surface area (Å²) in [5.74, 6) is 5.26. The van der Waals surface area contributed by atoms with Crippen molar-refractivity contribution in [1.82, 2.24) is 4.31 Å².